The highest BCUT2D eigenvalue weighted by Crippen LogP contribution is 2.03. The monoisotopic (exact) mass is 144 g/mol. The molecule has 1 aliphatic heterocycles. The molecule has 4 heteroatoms. The summed E-state index contributed by atoms with van der Waals surface area (Å²) < 4.78 is 0. The normalized spacial score (nSPS) is 22.8. The molecule has 1 rings (SSSR count). The second-order valence-corrected chi connectivity index (χ2v) is 2.45. The van der Waals surface area contributed by atoms with Crippen molar-refractivity contribution in [3.05, 3.63) is 0 Å². The number of rotatable bonds is 2. The standard InChI is InChI=1S/C6H12N2O2/c1-3-5(2)8-4-6(9)10-7-8/h5,7H,3-4H2,1-2H3. The zero-order chi connectivity index (χ0) is 7.56. The molecule has 0 saturated carbocycles. The van der Waals surface area contributed by atoms with Gasteiger partial charge in [0, 0.05) is 6.04 Å². The van der Waals surface area contributed by atoms with Gasteiger partial charge in [0.25, 0.3) is 0 Å². The summed E-state index contributed by atoms with van der Waals surface area (Å²) in [5.74, 6) is -0.208. The highest BCUT2D eigenvalue weighted by molar-refractivity contribution is 5.72. The molecule has 58 valence electrons. The van der Waals surface area contributed by atoms with Gasteiger partial charge in [0.2, 0.25) is 0 Å². The summed E-state index contributed by atoms with van der Waals surface area (Å²) in [5, 5.41) is 1.78. The quantitative estimate of drug-likeness (QED) is 0.595. The number of hydrogen-bond donors (Lipinski definition) is 1. The fourth-order valence-corrected chi connectivity index (χ4v) is 0.779. The van der Waals surface area contributed by atoms with Gasteiger partial charge in [-0.3, -0.25) is 0 Å². The third kappa shape index (κ3) is 1.46. The van der Waals surface area contributed by atoms with E-state index >= 15 is 0 Å². The number of carbonyl (C=O) groups is 1. The molecule has 10 heavy (non-hydrogen) atoms. The maximum Gasteiger partial charge on any atom is 0.342 e. The zero-order valence-electron chi connectivity index (χ0n) is 6.26. The van der Waals surface area contributed by atoms with Gasteiger partial charge < -0.3 is 4.84 Å². The molecule has 4 nitrogen and oxygen atoms in total. The Morgan fingerprint density at radius 3 is 3.00 bits per heavy atom. The van der Waals surface area contributed by atoms with E-state index in [2.05, 4.69) is 17.4 Å². The topological polar surface area (TPSA) is 41.6 Å². The molecule has 1 aliphatic rings. The van der Waals surface area contributed by atoms with Crippen LogP contribution in [0.25, 0.3) is 0 Å². The van der Waals surface area contributed by atoms with Crippen molar-refractivity contribution in [1.82, 2.24) is 10.6 Å². The average Bonchev–Trinajstić information content (AvgIpc) is 2.34. The van der Waals surface area contributed by atoms with Gasteiger partial charge in [0.05, 0.1) is 0 Å². The van der Waals surface area contributed by atoms with Crippen LogP contribution in [0, 0.1) is 0 Å². The number of nitrogens with zero attached hydrogens (tertiary/aromatic N) is 1. The fourth-order valence-electron chi connectivity index (χ4n) is 0.779. The van der Waals surface area contributed by atoms with E-state index in [4.69, 9.17) is 0 Å². The minimum absolute atomic E-state index is 0.208. The Bertz CT molecular complexity index is 138. The van der Waals surface area contributed by atoms with E-state index in [-0.39, 0.29) is 5.97 Å². The maximum atomic E-state index is 10.5. The molecule has 1 fully saturated rings. The van der Waals surface area contributed by atoms with E-state index in [1.165, 1.54) is 0 Å². The highest BCUT2D eigenvalue weighted by Gasteiger charge is 2.23. The van der Waals surface area contributed by atoms with Crippen molar-refractivity contribution in [2.24, 2.45) is 0 Å². The number of hydrazine groups is 1. The predicted molar refractivity (Wildman–Crippen MR) is 35.7 cm³/mol. The molecule has 0 aliphatic carbocycles. The summed E-state index contributed by atoms with van der Waals surface area (Å²) in [7, 11) is 0. The molecular weight excluding hydrogens is 132 g/mol. The smallest absolute Gasteiger partial charge is 0.342 e. The summed E-state index contributed by atoms with van der Waals surface area (Å²) in [5.41, 5.74) is 2.54. The van der Waals surface area contributed by atoms with E-state index in [1.54, 1.807) is 5.01 Å². The number of carbonyl (C=O) groups excluding carboxylic acids is 1. The third-order valence-corrected chi connectivity index (χ3v) is 1.70. The van der Waals surface area contributed by atoms with E-state index < -0.39 is 0 Å². The van der Waals surface area contributed by atoms with Gasteiger partial charge in [0.15, 0.2) is 0 Å². The van der Waals surface area contributed by atoms with Crippen LogP contribution < -0.4 is 5.59 Å². The van der Waals surface area contributed by atoms with Crippen molar-refractivity contribution in [3.63, 3.8) is 0 Å². The van der Waals surface area contributed by atoms with Crippen LogP contribution in [0.2, 0.25) is 0 Å². The first-order valence-corrected chi connectivity index (χ1v) is 3.46. The van der Waals surface area contributed by atoms with Crippen LogP contribution in [0.1, 0.15) is 20.3 Å². The lowest BCUT2D eigenvalue weighted by molar-refractivity contribution is -0.143. The molecule has 0 aromatic heterocycles. The van der Waals surface area contributed by atoms with Gasteiger partial charge in [0.1, 0.15) is 6.54 Å². The Morgan fingerprint density at radius 1 is 1.90 bits per heavy atom. The van der Waals surface area contributed by atoms with Crippen LogP contribution in [-0.4, -0.2) is 23.6 Å². The van der Waals surface area contributed by atoms with Gasteiger partial charge >= 0.3 is 5.97 Å². The van der Waals surface area contributed by atoms with E-state index in [9.17, 15) is 4.79 Å². The van der Waals surface area contributed by atoms with E-state index in [0.29, 0.717) is 12.6 Å². The van der Waals surface area contributed by atoms with Crippen molar-refractivity contribution >= 4 is 5.97 Å². The lowest BCUT2D eigenvalue weighted by Gasteiger charge is -2.17. The molecule has 1 heterocycles. The summed E-state index contributed by atoms with van der Waals surface area (Å²) in [6, 6.07) is 0.353. The SMILES string of the molecule is CCC(C)N1CC(=O)ON1. The molecule has 0 spiro atoms. The zero-order valence-corrected chi connectivity index (χ0v) is 6.26. The van der Waals surface area contributed by atoms with Crippen LogP contribution >= 0.6 is 0 Å². The molecule has 1 atom stereocenters. The third-order valence-electron chi connectivity index (χ3n) is 1.70. The second-order valence-electron chi connectivity index (χ2n) is 2.45. The molecule has 0 radical (unpaired) electrons. The number of hydrogen-bond acceptors (Lipinski definition) is 4. The molecule has 0 aromatic carbocycles. The Labute approximate surface area is 60.1 Å². The van der Waals surface area contributed by atoms with Gasteiger partial charge in [-0.2, -0.15) is 5.01 Å². The van der Waals surface area contributed by atoms with Crippen molar-refractivity contribution < 1.29 is 9.63 Å². The van der Waals surface area contributed by atoms with Gasteiger partial charge in [-0.05, 0) is 13.3 Å². The second kappa shape index (κ2) is 2.98. The molecule has 0 amide bonds. The minimum Gasteiger partial charge on any atom is -0.354 e. The fraction of sp³-hybridized carbons (Fsp3) is 0.833. The highest BCUT2D eigenvalue weighted by atomic mass is 16.7. The Hall–Kier alpha value is -0.610. The maximum absolute atomic E-state index is 10.5. The molecule has 1 unspecified atom stereocenters. The van der Waals surface area contributed by atoms with Gasteiger partial charge in [-0.15, -0.1) is 0 Å². The molecule has 0 aromatic rings. The lowest BCUT2D eigenvalue weighted by Crippen LogP contribution is -2.37. The van der Waals surface area contributed by atoms with Crippen molar-refractivity contribution in [2.75, 3.05) is 6.54 Å². The summed E-state index contributed by atoms with van der Waals surface area (Å²) in [4.78, 5) is 15.1. The first-order valence-electron chi connectivity index (χ1n) is 3.46. The Balaban J connectivity index is 2.36. The summed E-state index contributed by atoms with van der Waals surface area (Å²) >= 11 is 0. The van der Waals surface area contributed by atoms with Crippen molar-refractivity contribution in [1.29, 1.82) is 0 Å². The predicted octanol–water partition coefficient (Wildman–Crippen LogP) is 0.0633. The molecule has 1 N–H and O–H groups in total. The van der Waals surface area contributed by atoms with Crippen LogP contribution in [0.3, 0.4) is 0 Å². The van der Waals surface area contributed by atoms with Crippen LogP contribution in [-0.2, 0) is 9.63 Å². The van der Waals surface area contributed by atoms with Crippen molar-refractivity contribution in [2.45, 2.75) is 26.3 Å². The van der Waals surface area contributed by atoms with Crippen molar-refractivity contribution in [3.8, 4) is 0 Å². The minimum atomic E-state index is -0.208. The van der Waals surface area contributed by atoms with E-state index in [1.807, 2.05) is 6.92 Å². The van der Waals surface area contributed by atoms with Gasteiger partial charge in [-0.25, -0.2) is 4.79 Å². The molecular formula is C6H12N2O2. The Morgan fingerprint density at radius 2 is 2.60 bits per heavy atom. The largest absolute Gasteiger partial charge is 0.354 e. The van der Waals surface area contributed by atoms with E-state index in [0.717, 1.165) is 6.42 Å². The first kappa shape index (κ1) is 7.50. The lowest BCUT2D eigenvalue weighted by atomic mass is 10.2. The number of nitrogens with one attached hydrogen (secondary N) is 1. The first-order chi connectivity index (χ1) is 4.74. The summed E-state index contributed by atoms with van der Waals surface area (Å²) in [6.07, 6.45) is 1.00. The average molecular weight is 144 g/mol. The molecule has 1 saturated heterocycles. The van der Waals surface area contributed by atoms with Crippen LogP contribution in [0.15, 0.2) is 0 Å². The Kier molecular flexibility index (Phi) is 2.24. The van der Waals surface area contributed by atoms with Crippen LogP contribution in [0.4, 0.5) is 0 Å². The summed E-state index contributed by atoms with van der Waals surface area (Å²) in [6.45, 7) is 4.46. The van der Waals surface area contributed by atoms with Crippen LogP contribution in [0.5, 0.6) is 0 Å². The van der Waals surface area contributed by atoms with Gasteiger partial charge in [-0.1, -0.05) is 12.5 Å². The molecule has 0 bridgehead atoms.